The van der Waals surface area contributed by atoms with Gasteiger partial charge in [-0.25, -0.2) is 4.79 Å². The minimum Gasteiger partial charge on any atom is -0.480 e. The van der Waals surface area contributed by atoms with Gasteiger partial charge >= 0.3 is 5.97 Å². The Bertz CT molecular complexity index is 502. The molecule has 0 aromatic heterocycles. The van der Waals surface area contributed by atoms with Crippen molar-refractivity contribution in [1.29, 1.82) is 0 Å². The minimum absolute atomic E-state index is 0.195. The molecular formula is C15H20N2O3. The Hall–Kier alpha value is -2.04. The Morgan fingerprint density at radius 3 is 2.90 bits per heavy atom. The number of carbonyl (C=O) groups excluding carboxylic acids is 1. The molecular weight excluding hydrogens is 256 g/mol. The van der Waals surface area contributed by atoms with E-state index in [0.717, 1.165) is 24.2 Å². The number of para-hydroxylation sites is 1. The number of carboxylic acids is 1. The van der Waals surface area contributed by atoms with Gasteiger partial charge in [0.2, 0.25) is 5.91 Å². The monoisotopic (exact) mass is 276 g/mol. The number of hydrogen-bond donors (Lipinski definition) is 3. The van der Waals surface area contributed by atoms with Gasteiger partial charge in [0, 0.05) is 12.2 Å². The molecule has 5 nitrogen and oxygen atoms in total. The number of nitrogens with one attached hydrogen (secondary N) is 2. The molecule has 3 N–H and O–H groups in total. The van der Waals surface area contributed by atoms with Gasteiger partial charge in [-0.3, -0.25) is 4.79 Å². The molecule has 0 saturated carbocycles. The van der Waals surface area contributed by atoms with Crippen molar-refractivity contribution in [3.63, 3.8) is 0 Å². The topological polar surface area (TPSA) is 78.4 Å². The molecule has 20 heavy (non-hydrogen) atoms. The maximum atomic E-state index is 12.3. The van der Waals surface area contributed by atoms with E-state index in [9.17, 15) is 9.59 Å². The van der Waals surface area contributed by atoms with Crippen LogP contribution in [0.4, 0.5) is 5.69 Å². The molecule has 2 rings (SSSR count). The van der Waals surface area contributed by atoms with Gasteiger partial charge in [-0.05, 0) is 24.5 Å². The fourth-order valence-corrected chi connectivity index (χ4v) is 2.56. The second-order valence-corrected chi connectivity index (χ2v) is 5.04. The summed E-state index contributed by atoms with van der Waals surface area (Å²) in [4.78, 5) is 23.5. The van der Waals surface area contributed by atoms with Gasteiger partial charge in [0.1, 0.15) is 6.04 Å². The van der Waals surface area contributed by atoms with Crippen LogP contribution >= 0.6 is 0 Å². The predicted molar refractivity (Wildman–Crippen MR) is 76.8 cm³/mol. The zero-order chi connectivity index (χ0) is 14.5. The molecule has 1 aromatic carbocycles. The smallest absolute Gasteiger partial charge is 0.326 e. The number of carbonyl (C=O) groups is 2. The van der Waals surface area contributed by atoms with Crippen LogP contribution in [0.5, 0.6) is 0 Å². The van der Waals surface area contributed by atoms with Crippen LogP contribution in [-0.4, -0.2) is 29.6 Å². The summed E-state index contributed by atoms with van der Waals surface area (Å²) in [6.45, 7) is 2.63. The first kappa shape index (κ1) is 14.4. The maximum Gasteiger partial charge on any atom is 0.326 e. The summed E-state index contributed by atoms with van der Waals surface area (Å²) in [5.41, 5.74) is 1.90. The van der Waals surface area contributed by atoms with Gasteiger partial charge < -0.3 is 15.7 Å². The Labute approximate surface area is 118 Å². The van der Waals surface area contributed by atoms with E-state index in [1.165, 1.54) is 0 Å². The van der Waals surface area contributed by atoms with Crippen LogP contribution < -0.4 is 10.6 Å². The molecule has 0 fully saturated rings. The summed E-state index contributed by atoms with van der Waals surface area (Å²) in [5.74, 6) is -1.44. The SMILES string of the molecule is CCCC(NC(=O)C1CCNc2ccccc21)C(=O)O. The molecule has 1 heterocycles. The van der Waals surface area contributed by atoms with E-state index >= 15 is 0 Å². The zero-order valence-electron chi connectivity index (χ0n) is 11.6. The van der Waals surface area contributed by atoms with Gasteiger partial charge in [0.25, 0.3) is 0 Å². The normalized spacial score (nSPS) is 18.6. The molecule has 2 atom stereocenters. The number of anilines is 1. The van der Waals surface area contributed by atoms with Crippen LogP contribution in [0.3, 0.4) is 0 Å². The average Bonchev–Trinajstić information content (AvgIpc) is 2.46. The molecule has 1 aliphatic heterocycles. The van der Waals surface area contributed by atoms with E-state index in [0.29, 0.717) is 12.8 Å². The van der Waals surface area contributed by atoms with Crippen molar-refractivity contribution < 1.29 is 14.7 Å². The number of fused-ring (bicyclic) bond motifs is 1. The van der Waals surface area contributed by atoms with Crippen LogP contribution in [0.1, 0.15) is 37.7 Å². The number of aliphatic carboxylic acids is 1. The first-order chi connectivity index (χ1) is 9.63. The molecule has 2 unspecified atom stereocenters. The Kier molecular flexibility index (Phi) is 4.61. The number of rotatable bonds is 5. The van der Waals surface area contributed by atoms with Crippen molar-refractivity contribution in [3.05, 3.63) is 29.8 Å². The molecule has 0 aliphatic carbocycles. The fraction of sp³-hybridized carbons (Fsp3) is 0.467. The highest BCUT2D eigenvalue weighted by molar-refractivity contribution is 5.89. The lowest BCUT2D eigenvalue weighted by Gasteiger charge is -2.27. The average molecular weight is 276 g/mol. The van der Waals surface area contributed by atoms with Crippen molar-refractivity contribution in [2.24, 2.45) is 0 Å². The zero-order valence-corrected chi connectivity index (χ0v) is 11.6. The van der Waals surface area contributed by atoms with Crippen molar-refractivity contribution in [2.75, 3.05) is 11.9 Å². The quantitative estimate of drug-likeness (QED) is 0.768. The van der Waals surface area contributed by atoms with Crippen LogP contribution in [0.15, 0.2) is 24.3 Å². The van der Waals surface area contributed by atoms with E-state index in [4.69, 9.17) is 5.11 Å². The van der Waals surface area contributed by atoms with Crippen molar-refractivity contribution in [2.45, 2.75) is 38.1 Å². The van der Waals surface area contributed by atoms with Gasteiger partial charge in [-0.1, -0.05) is 31.5 Å². The first-order valence-corrected chi connectivity index (χ1v) is 6.99. The van der Waals surface area contributed by atoms with Crippen molar-refractivity contribution in [3.8, 4) is 0 Å². The van der Waals surface area contributed by atoms with E-state index in [-0.39, 0.29) is 11.8 Å². The third-order valence-electron chi connectivity index (χ3n) is 3.59. The van der Waals surface area contributed by atoms with E-state index in [1.807, 2.05) is 31.2 Å². The summed E-state index contributed by atoms with van der Waals surface area (Å²) in [5, 5.41) is 15.0. The lowest BCUT2D eigenvalue weighted by Crippen LogP contribution is -2.43. The van der Waals surface area contributed by atoms with E-state index in [2.05, 4.69) is 10.6 Å². The predicted octanol–water partition coefficient (Wildman–Crippen LogP) is 1.96. The molecule has 0 radical (unpaired) electrons. The summed E-state index contributed by atoms with van der Waals surface area (Å²) in [7, 11) is 0. The largest absolute Gasteiger partial charge is 0.480 e. The van der Waals surface area contributed by atoms with Gasteiger partial charge in [0.15, 0.2) is 0 Å². The minimum atomic E-state index is -0.970. The van der Waals surface area contributed by atoms with E-state index < -0.39 is 12.0 Å². The molecule has 0 saturated heterocycles. The second-order valence-electron chi connectivity index (χ2n) is 5.04. The molecule has 1 aliphatic rings. The van der Waals surface area contributed by atoms with Crippen LogP contribution in [0, 0.1) is 0 Å². The number of hydrogen-bond acceptors (Lipinski definition) is 3. The molecule has 1 aromatic rings. The van der Waals surface area contributed by atoms with Gasteiger partial charge in [-0.15, -0.1) is 0 Å². The Balaban J connectivity index is 2.12. The molecule has 0 bridgehead atoms. The first-order valence-electron chi connectivity index (χ1n) is 6.99. The van der Waals surface area contributed by atoms with Crippen molar-refractivity contribution in [1.82, 2.24) is 5.32 Å². The highest BCUT2D eigenvalue weighted by Gasteiger charge is 2.29. The number of carboxylic acid groups (broad SMARTS) is 1. The molecule has 1 amide bonds. The van der Waals surface area contributed by atoms with Gasteiger partial charge in [-0.2, -0.15) is 0 Å². The summed E-state index contributed by atoms with van der Waals surface area (Å²) in [6.07, 6.45) is 1.86. The number of benzene rings is 1. The fourth-order valence-electron chi connectivity index (χ4n) is 2.56. The third kappa shape index (κ3) is 3.10. The number of amides is 1. The molecule has 5 heteroatoms. The lowest BCUT2D eigenvalue weighted by molar-refractivity contribution is -0.142. The molecule has 108 valence electrons. The standard InChI is InChI=1S/C15H20N2O3/c1-2-5-13(15(19)20)17-14(18)11-8-9-16-12-7-4-3-6-10(11)12/h3-4,6-7,11,13,16H,2,5,8-9H2,1H3,(H,17,18)(H,19,20). The third-order valence-corrected chi connectivity index (χ3v) is 3.59. The second kappa shape index (κ2) is 6.41. The highest BCUT2D eigenvalue weighted by Crippen LogP contribution is 2.31. The lowest BCUT2D eigenvalue weighted by atomic mass is 9.90. The van der Waals surface area contributed by atoms with Gasteiger partial charge in [0.05, 0.1) is 5.92 Å². The molecule has 0 spiro atoms. The maximum absolute atomic E-state index is 12.3. The van der Waals surface area contributed by atoms with Crippen LogP contribution in [0.25, 0.3) is 0 Å². The van der Waals surface area contributed by atoms with Crippen molar-refractivity contribution >= 4 is 17.6 Å². The summed E-state index contributed by atoms with van der Waals surface area (Å²) < 4.78 is 0. The highest BCUT2D eigenvalue weighted by atomic mass is 16.4. The van der Waals surface area contributed by atoms with Crippen LogP contribution in [0.2, 0.25) is 0 Å². The Morgan fingerprint density at radius 1 is 1.45 bits per heavy atom. The summed E-state index contributed by atoms with van der Waals surface area (Å²) >= 11 is 0. The van der Waals surface area contributed by atoms with E-state index in [1.54, 1.807) is 0 Å². The van der Waals surface area contributed by atoms with Crippen LogP contribution in [-0.2, 0) is 9.59 Å². The Morgan fingerprint density at radius 2 is 2.20 bits per heavy atom. The summed E-state index contributed by atoms with van der Waals surface area (Å²) in [6, 6.07) is 6.88.